The Bertz CT molecular complexity index is 941. The second-order valence-electron chi connectivity index (χ2n) is 5.89. The van der Waals surface area contributed by atoms with Crippen LogP contribution < -0.4 is 9.47 Å². The van der Waals surface area contributed by atoms with Crippen molar-refractivity contribution in [3.63, 3.8) is 0 Å². The van der Waals surface area contributed by atoms with E-state index in [0.29, 0.717) is 5.65 Å². The van der Waals surface area contributed by atoms with Crippen molar-refractivity contribution in [3.05, 3.63) is 40.6 Å². The quantitative estimate of drug-likeness (QED) is 0.644. The van der Waals surface area contributed by atoms with E-state index in [-0.39, 0.29) is 0 Å². The van der Waals surface area contributed by atoms with Crippen molar-refractivity contribution in [2.45, 2.75) is 19.4 Å². The van der Waals surface area contributed by atoms with Crippen molar-refractivity contribution in [2.24, 2.45) is 0 Å². The molecule has 3 aromatic rings. The maximum atomic E-state index is 6.12. The van der Waals surface area contributed by atoms with E-state index in [1.807, 2.05) is 38.1 Å². The van der Waals surface area contributed by atoms with Crippen LogP contribution in [0.2, 0.25) is 0 Å². The number of hydrogen-bond donors (Lipinski definition) is 0. The number of rotatable bonds is 1. The molecule has 0 saturated heterocycles. The van der Waals surface area contributed by atoms with Crippen LogP contribution in [0.15, 0.2) is 34.9 Å². The second kappa shape index (κ2) is 4.89. The largest absolute Gasteiger partial charge is 0.497 e. The molecule has 116 valence electrons. The molecule has 0 radical (unpaired) electrons. The van der Waals surface area contributed by atoms with Crippen LogP contribution >= 0.6 is 15.9 Å². The Kier molecular flexibility index (Phi) is 3.06. The summed E-state index contributed by atoms with van der Waals surface area (Å²) in [5.74, 6) is 1.53. The van der Waals surface area contributed by atoms with Gasteiger partial charge in [-0.3, -0.25) is 0 Å². The fourth-order valence-electron chi connectivity index (χ4n) is 2.76. The van der Waals surface area contributed by atoms with Gasteiger partial charge in [-0.25, -0.2) is 15.0 Å². The third-order valence-electron chi connectivity index (χ3n) is 3.87. The number of hydrogen-bond acceptors (Lipinski definition) is 5. The lowest BCUT2D eigenvalue weighted by molar-refractivity contribution is 0.100. The average molecular weight is 372 g/mol. The Morgan fingerprint density at radius 1 is 1.17 bits per heavy atom. The van der Waals surface area contributed by atoms with Gasteiger partial charge in [0.25, 0.3) is 0 Å². The summed E-state index contributed by atoms with van der Waals surface area (Å²) in [4.78, 5) is 13.8. The highest BCUT2D eigenvalue weighted by atomic mass is 79.9. The number of aromatic nitrogens is 3. The SMILES string of the molecule is COc1ccc2c(c1)-c1nc3cc(Br)cnc3nc1C(C)(C)O2. The van der Waals surface area contributed by atoms with Gasteiger partial charge in [-0.05, 0) is 54.0 Å². The molecule has 6 heteroatoms. The number of pyridine rings is 1. The van der Waals surface area contributed by atoms with Gasteiger partial charge in [-0.1, -0.05) is 0 Å². The molecule has 1 aliphatic heterocycles. The second-order valence-corrected chi connectivity index (χ2v) is 6.81. The highest BCUT2D eigenvalue weighted by molar-refractivity contribution is 9.10. The van der Waals surface area contributed by atoms with Crippen LogP contribution in [0.3, 0.4) is 0 Å². The van der Waals surface area contributed by atoms with Crippen LogP contribution in [0.25, 0.3) is 22.4 Å². The van der Waals surface area contributed by atoms with Gasteiger partial charge in [0, 0.05) is 16.2 Å². The van der Waals surface area contributed by atoms with E-state index in [2.05, 4.69) is 20.9 Å². The minimum atomic E-state index is -0.577. The Balaban J connectivity index is 2.06. The summed E-state index contributed by atoms with van der Waals surface area (Å²) < 4.78 is 12.3. The molecule has 0 N–H and O–H groups in total. The van der Waals surface area contributed by atoms with Gasteiger partial charge in [0.15, 0.2) is 5.65 Å². The summed E-state index contributed by atoms with van der Waals surface area (Å²) in [5, 5.41) is 0. The molecule has 0 aliphatic carbocycles. The van der Waals surface area contributed by atoms with Gasteiger partial charge < -0.3 is 9.47 Å². The highest BCUT2D eigenvalue weighted by Gasteiger charge is 2.36. The zero-order valence-corrected chi connectivity index (χ0v) is 14.5. The zero-order valence-electron chi connectivity index (χ0n) is 12.9. The molecule has 23 heavy (non-hydrogen) atoms. The summed E-state index contributed by atoms with van der Waals surface area (Å²) in [7, 11) is 1.64. The fraction of sp³-hybridized carbons (Fsp3) is 0.235. The van der Waals surface area contributed by atoms with E-state index >= 15 is 0 Å². The van der Waals surface area contributed by atoms with Gasteiger partial charge >= 0.3 is 0 Å². The molecule has 2 aromatic heterocycles. The maximum absolute atomic E-state index is 6.12. The lowest BCUT2D eigenvalue weighted by atomic mass is 9.94. The number of nitrogens with zero attached hydrogens (tertiary/aromatic N) is 3. The molecule has 0 atom stereocenters. The first kappa shape index (κ1) is 14.4. The third-order valence-corrected chi connectivity index (χ3v) is 4.30. The molecule has 1 aromatic carbocycles. The first-order valence-corrected chi connectivity index (χ1v) is 7.98. The normalized spacial score (nSPS) is 14.8. The van der Waals surface area contributed by atoms with Crippen molar-refractivity contribution in [2.75, 3.05) is 7.11 Å². The molecule has 4 rings (SSSR count). The highest BCUT2D eigenvalue weighted by Crippen LogP contribution is 2.45. The van der Waals surface area contributed by atoms with Gasteiger partial charge in [0.2, 0.25) is 0 Å². The Hall–Kier alpha value is -2.21. The predicted molar refractivity (Wildman–Crippen MR) is 90.7 cm³/mol. The molecule has 0 fully saturated rings. The van der Waals surface area contributed by atoms with Crippen LogP contribution in [0.4, 0.5) is 0 Å². The van der Waals surface area contributed by atoms with Crippen molar-refractivity contribution in [3.8, 4) is 22.8 Å². The Morgan fingerprint density at radius 3 is 2.78 bits per heavy atom. The topological polar surface area (TPSA) is 57.1 Å². The van der Waals surface area contributed by atoms with Gasteiger partial charge in [0.05, 0.1) is 7.11 Å². The minimum absolute atomic E-state index is 0.577. The van der Waals surface area contributed by atoms with Crippen molar-refractivity contribution in [1.29, 1.82) is 0 Å². The summed E-state index contributed by atoms with van der Waals surface area (Å²) in [6.45, 7) is 3.97. The standard InChI is InChI=1S/C17H14BrN3O2/c1-17(2)15-14(11-7-10(22-3)4-5-13(11)23-17)20-12-6-9(18)8-19-16(12)21-15/h4-8H,1-3H3. The van der Waals surface area contributed by atoms with Gasteiger partial charge in [-0.2, -0.15) is 0 Å². The number of ether oxygens (including phenoxy) is 2. The molecule has 0 amide bonds. The van der Waals surface area contributed by atoms with Crippen molar-refractivity contribution in [1.82, 2.24) is 15.0 Å². The molecule has 3 heterocycles. The lowest BCUT2D eigenvalue weighted by Gasteiger charge is -2.33. The molecule has 0 spiro atoms. The van der Waals surface area contributed by atoms with Crippen LogP contribution in [0, 0.1) is 0 Å². The van der Waals surface area contributed by atoms with E-state index in [0.717, 1.165) is 38.4 Å². The molecule has 0 unspecified atom stereocenters. The number of methoxy groups -OCH3 is 1. The fourth-order valence-corrected chi connectivity index (χ4v) is 3.08. The van der Waals surface area contributed by atoms with E-state index < -0.39 is 5.60 Å². The third kappa shape index (κ3) is 2.25. The van der Waals surface area contributed by atoms with Crippen LogP contribution in [-0.2, 0) is 5.60 Å². The summed E-state index contributed by atoms with van der Waals surface area (Å²) in [6, 6.07) is 7.63. The van der Waals surface area contributed by atoms with Crippen molar-refractivity contribution < 1.29 is 9.47 Å². The van der Waals surface area contributed by atoms with Crippen LogP contribution in [-0.4, -0.2) is 22.1 Å². The average Bonchev–Trinajstić information content (AvgIpc) is 2.53. The predicted octanol–water partition coefficient (Wildman–Crippen LogP) is 4.09. The summed E-state index contributed by atoms with van der Waals surface area (Å²) in [6.07, 6.45) is 1.72. The lowest BCUT2D eigenvalue weighted by Crippen LogP contribution is -2.31. The van der Waals surface area contributed by atoms with Gasteiger partial charge in [-0.15, -0.1) is 0 Å². The maximum Gasteiger partial charge on any atom is 0.178 e. The van der Waals surface area contributed by atoms with Crippen molar-refractivity contribution >= 4 is 27.1 Å². The van der Waals surface area contributed by atoms with E-state index in [1.54, 1.807) is 13.3 Å². The van der Waals surface area contributed by atoms with Crippen LogP contribution in [0.5, 0.6) is 11.5 Å². The molecular formula is C17H14BrN3O2. The number of benzene rings is 1. The molecule has 0 bridgehead atoms. The Morgan fingerprint density at radius 2 is 2.00 bits per heavy atom. The molecule has 5 nitrogen and oxygen atoms in total. The molecule has 0 saturated carbocycles. The smallest absolute Gasteiger partial charge is 0.178 e. The Labute approximate surface area is 141 Å². The summed E-state index contributed by atoms with van der Waals surface area (Å²) in [5.41, 5.74) is 3.24. The number of halogens is 1. The minimum Gasteiger partial charge on any atom is -0.497 e. The van der Waals surface area contributed by atoms with E-state index in [9.17, 15) is 0 Å². The van der Waals surface area contributed by atoms with Crippen LogP contribution in [0.1, 0.15) is 19.5 Å². The summed E-state index contributed by atoms with van der Waals surface area (Å²) >= 11 is 3.43. The van der Waals surface area contributed by atoms with E-state index in [4.69, 9.17) is 19.4 Å². The molecule has 1 aliphatic rings. The number of fused-ring (bicyclic) bond motifs is 4. The first-order valence-electron chi connectivity index (χ1n) is 7.19. The first-order chi connectivity index (χ1) is 11.0. The van der Waals surface area contributed by atoms with Gasteiger partial charge in [0.1, 0.15) is 34.0 Å². The van der Waals surface area contributed by atoms with E-state index in [1.165, 1.54) is 0 Å². The zero-order chi connectivity index (χ0) is 16.2. The monoisotopic (exact) mass is 371 g/mol. The molecular weight excluding hydrogens is 358 g/mol.